The first kappa shape index (κ1) is 26.8. The monoisotopic (exact) mass is 502 g/mol. The molecule has 0 radical (unpaired) electrons. The molecule has 0 aromatic rings. The molecule has 1 saturated heterocycles. The third-order valence-corrected chi connectivity index (χ3v) is 9.20. The number of aliphatic hydroxyl groups excluding tert-OH is 1. The fourth-order valence-corrected chi connectivity index (χ4v) is 6.27. The van der Waals surface area contributed by atoms with E-state index in [-0.39, 0.29) is 48.1 Å². The topological polar surface area (TPSA) is 83.5 Å². The van der Waals surface area contributed by atoms with E-state index >= 15 is 0 Å². The summed E-state index contributed by atoms with van der Waals surface area (Å²) >= 11 is 0. The van der Waals surface area contributed by atoms with Crippen molar-refractivity contribution in [1.82, 2.24) is 0 Å². The first-order valence-electron chi connectivity index (χ1n) is 13.2. The number of hydrogen-bond donors (Lipinski definition) is 1. The Morgan fingerprint density at radius 2 is 1.94 bits per heavy atom. The molecule has 0 aromatic heterocycles. The van der Waals surface area contributed by atoms with Crippen LogP contribution in [-0.2, 0) is 28.5 Å². The maximum absolute atomic E-state index is 13.1. The number of allylic oxidation sites excluding steroid dienone is 1. The Balaban J connectivity index is 2.04. The zero-order valence-electron chi connectivity index (χ0n) is 23.1. The van der Waals surface area contributed by atoms with Crippen LogP contribution < -0.4 is 0 Å². The van der Waals surface area contributed by atoms with Gasteiger partial charge >= 0.3 is 5.97 Å². The molecule has 1 heterocycles. The van der Waals surface area contributed by atoms with Gasteiger partial charge in [0.25, 0.3) is 0 Å². The fraction of sp³-hybridized carbons (Fsp3) is 0.690. The maximum atomic E-state index is 13.1. The highest BCUT2D eigenvalue weighted by molar-refractivity contribution is 5.73. The van der Waals surface area contributed by atoms with E-state index < -0.39 is 17.8 Å². The third-order valence-electron chi connectivity index (χ3n) is 9.20. The normalized spacial score (nSPS) is 37.2. The summed E-state index contributed by atoms with van der Waals surface area (Å²) in [4.78, 5) is 13.1. The van der Waals surface area contributed by atoms with Gasteiger partial charge in [-0.25, -0.2) is 0 Å². The lowest BCUT2D eigenvalue weighted by Crippen LogP contribution is -2.49. The highest BCUT2D eigenvalue weighted by Gasteiger charge is 2.55. The molecule has 36 heavy (non-hydrogen) atoms. The summed E-state index contributed by atoms with van der Waals surface area (Å²) in [6, 6.07) is 0. The van der Waals surface area contributed by atoms with Gasteiger partial charge in [-0.15, -0.1) is 0 Å². The lowest BCUT2D eigenvalue weighted by molar-refractivity contribution is -0.155. The van der Waals surface area contributed by atoms with E-state index in [0.717, 1.165) is 28.7 Å². The number of aliphatic hydroxyl groups is 1. The average molecular weight is 503 g/mol. The Morgan fingerprint density at radius 3 is 2.56 bits per heavy atom. The van der Waals surface area contributed by atoms with Crippen LogP contribution in [0.5, 0.6) is 0 Å². The summed E-state index contributed by atoms with van der Waals surface area (Å²) in [6.07, 6.45) is 2.39. The first-order valence-corrected chi connectivity index (χ1v) is 13.2. The molecular weight excluding hydrogens is 460 g/mol. The zero-order chi connectivity index (χ0) is 26.5. The SMILES string of the molecule is CCC(C)C(=O)O[C@H]1C2=C(C3=C(O)C(OC)=C(C)C(C)C3C[C@@H](C)[C@H]1C)C(OC)C1(C)OCOC1=C2. The van der Waals surface area contributed by atoms with Crippen LogP contribution in [0.3, 0.4) is 0 Å². The standard InChI is InChI=1S/C29H42O7/c1-10-14(2)28(31)36-25-16(4)15(3)11-19-17(5)18(6)26(32-8)24(30)22(19)23-20(25)12-21-29(7,27(23)33-9)35-13-34-21/h12,14-17,19,25,27,30H,10-11,13H2,1-9H3/t14?,15-,16-,17?,19?,25-,27?,29?/m1/s1. The molecule has 1 N–H and O–H groups in total. The molecule has 4 aliphatic rings. The minimum Gasteiger partial charge on any atom is -0.504 e. The van der Waals surface area contributed by atoms with Gasteiger partial charge in [-0.05, 0) is 61.7 Å². The Kier molecular flexibility index (Phi) is 7.37. The van der Waals surface area contributed by atoms with Gasteiger partial charge in [0.2, 0.25) is 0 Å². The predicted octanol–water partition coefficient (Wildman–Crippen LogP) is 5.59. The fourth-order valence-electron chi connectivity index (χ4n) is 6.27. The van der Waals surface area contributed by atoms with Crippen molar-refractivity contribution in [3.63, 3.8) is 0 Å². The minimum atomic E-state index is -0.864. The van der Waals surface area contributed by atoms with E-state index in [4.69, 9.17) is 23.7 Å². The van der Waals surface area contributed by atoms with Crippen molar-refractivity contribution in [2.24, 2.45) is 29.6 Å². The number of carbonyl (C=O) groups excluding carboxylic acids is 1. The van der Waals surface area contributed by atoms with E-state index in [0.29, 0.717) is 17.9 Å². The minimum absolute atomic E-state index is 0.0352. The van der Waals surface area contributed by atoms with Crippen LogP contribution in [0.15, 0.2) is 45.6 Å². The molecule has 3 aliphatic carbocycles. The van der Waals surface area contributed by atoms with Crippen LogP contribution in [0.4, 0.5) is 0 Å². The Hall–Kier alpha value is -2.25. The molecule has 7 heteroatoms. The molecule has 1 aliphatic heterocycles. The molecule has 0 amide bonds. The number of fused-ring (bicyclic) bond motifs is 3. The molecule has 1 fully saturated rings. The lowest BCUT2D eigenvalue weighted by Gasteiger charge is -2.46. The molecular formula is C29H42O7. The maximum Gasteiger partial charge on any atom is 0.309 e. The number of esters is 1. The second kappa shape index (κ2) is 9.90. The zero-order valence-corrected chi connectivity index (χ0v) is 23.1. The van der Waals surface area contributed by atoms with Gasteiger partial charge in [0.15, 0.2) is 23.9 Å². The van der Waals surface area contributed by atoms with Crippen molar-refractivity contribution in [3.8, 4) is 0 Å². The van der Waals surface area contributed by atoms with E-state index in [1.54, 1.807) is 14.2 Å². The summed E-state index contributed by atoms with van der Waals surface area (Å²) in [5.74, 6) is 1.27. The van der Waals surface area contributed by atoms with Crippen molar-refractivity contribution in [2.45, 2.75) is 79.1 Å². The number of ether oxygens (including phenoxy) is 5. The number of rotatable bonds is 5. The summed E-state index contributed by atoms with van der Waals surface area (Å²) in [5.41, 5.74) is 2.58. The Morgan fingerprint density at radius 1 is 1.25 bits per heavy atom. The molecule has 5 unspecified atom stereocenters. The van der Waals surface area contributed by atoms with Crippen LogP contribution in [0.2, 0.25) is 0 Å². The smallest absolute Gasteiger partial charge is 0.309 e. The van der Waals surface area contributed by atoms with E-state index in [9.17, 15) is 9.90 Å². The number of hydrogen-bond acceptors (Lipinski definition) is 7. The molecule has 7 nitrogen and oxygen atoms in total. The van der Waals surface area contributed by atoms with E-state index in [1.807, 2.05) is 33.8 Å². The molecule has 4 rings (SSSR count). The quantitative estimate of drug-likeness (QED) is 0.491. The van der Waals surface area contributed by atoms with Gasteiger partial charge in [-0.2, -0.15) is 0 Å². The molecule has 0 bridgehead atoms. The lowest BCUT2D eigenvalue weighted by atomic mass is 9.63. The summed E-state index contributed by atoms with van der Waals surface area (Å²) in [6.45, 7) is 14.5. The number of carbonyl (C=O) groups is 1. The van der Waals surface area contributed by atoms with Crippen LogP contribution in [-0.4, -0.2) is 49.9 Å². The van der Waals surface area contributed by atoms with Gasteiger partial charge in [0.05, 0.1) is 13.0 Å². The molecule has 0 saturated carbocycles. The first-order chi connectivity index (χ1) is 17.0. The summed E-state index contributed by atoms with van der Waals surface area (Å²) in [5, 5.41) is 11.7. The van der Waals surface area contributed by atoms with Crippen LogP contribution in [0, 0.1) is 29.6 Å². The predicted molar refractivity (Wildman–Crippen MR) is 136 cm³/mol. The van der Waals surface area contributed by atoms with Crippen molar-refractivity contribution >= 4 is 5.97 Å². The average Bonchev–Trinajstić information content (AvgIpc) is 3.24. The van der Waals surface area contributed by atoms with Gasteiger partial charge < -0.3 is 28.8 Å². The van der Waals surface area contributed by atoms with Gasteiger partial charge in [0.1, 0.15) is 18.0 Å². The van der Waals surface area contributed by atoms with Crippen LogP contribution >= 0.6 is 0 Å². The highest BCUT2D eigenvalue weighted by atomic mass is 16.7. The molecule has 0 spiro atoms. The molecule has 0 aromatic carbocycles. The summed E-state index contributed by atoms with van der Waals surface area (Å²) < 4.78 is 30.1. The van der Waals surface area contributed by atoms with E-state index in [1.165, 1.54) is 0 Å². The van der Waals surface area contributed by atoms with Crippen molar-refractivity contribution in [2.75, 3.05) is 21.0 Å². The second-order valence-corrected chi connectivity index (χ2v) is 11.1. The highest BCUT2D eigenvalue weighted by Crippen LogP contribution is 2.54. The van der Waals surface area contributed by atoms with Crippen LogP contribution in [0.1, 0.15) is 61.3 Å². The van der Waals surface area contributed by atoms with Gasteiger partial charge in [0, 0.05) is 24.2 Å². The van der Waals surface area contributed by atoms with Crippen molar-refractivity contribution in [3.05, 3.63) is 45.6 Å². The van der Waals surface area contributed by atoms with Gasteiger partial charge in [-0.1, -0.05) is 34.6 Å². The largest absolute Gasteiger partial charge is 0.504 e. The van der Waals surface area contributed by atoms with E-state index in [2.05, 4.69) is 20.8 Å². The Labute approximate surface area is 215 Å². The van der Waals surface area contributed by atoms with Crippen molar-refractivity contribution in [1.29, 1.82) is 0 Å². The Bertz CT molecular complexity index is 1030. The molecule has 200 valence electrons. The molecule has 8 atom stereocenters. The van der Waals surface area contributed by atoms with Gasteiger partial charge in [-0.3, -0.25) is 4.79 Å². The third kappa shape index (κ3) is 3.99. The van der Waals surface area contributed by atoms with Crippen LogP contribution in [0.25, 0.3) is 0 Å². The summed E-state index contributed by atoms with van der Waals surface area (Å²) in [7, 11) is 3.23. The number of methoxy groups -OCH3 is 2. The second-order valence-electron chi connectivity index (χ2n) is 11.1. The van der Waals surface area contributed by atoms with Crippen molar-refractivity contribution < 1.29 is 33.6 Å².